The number of hydrogen-bond acceptors (Lipinski definition) is 3. The van der Waals surface area contributed by atoms with E-state index in [-0.39, 0.29) is 5.02 Å². The molecule has 1 heterocycles. The third kappa shape index (κ3) is 3.58. The predicted molar refractivity (Wildman–Crippen MR) is 74.7 cm³/mol. The summed E-state index contributed by atoms with van der Waals surface area (Å²) in [6, 6.07) is 8.04. The molecule has 5 heteroatoms. The smallest absolute Gasteiger partial charge is 0.173 e. The maximum atomic E-state index is 13.1. The molecule has 19 heavy (non-hydrogen) atoms. The fourth-order valence-electron chi connectivity index (χ4n) is 1.52. The van der Waals surface area contributed by atoms with Crippen molar-refractivity contribution in [1.82, 2.24) is 4.98 Å². The second-order valence-corrected chi connectivity index (χ2v) is 4.36. The first-order chi connectivity index (χ1) is 9.20. The average molecular weight is 281 g/mol. The number of halogens is 2. The van der Waals surface area contributed by atoms with Crippen LogP contribution in [0, 0.1) is 5.82 Å². The van der Waals surface area contributed by atoms with Gasteiger partial charge in [-0.15, -0.1) is 0 Å². The van der Waals surface area contributed by atoms with Gasteiger partial charge in [-0.1, -0.05) is 18.5 Å². The average Bonchev–Trinajstić information content (AvgIpc) is 2.42. The standard InChI is InChI=1S/C14H14ClFN2O/c1-2-8-19-13-4-3-7-17-14(13)18-10-5-6-12(16)11(15)9-10/h3-7,9H,2,8H2,1H3,(H,17,18). The van der Waals surface area contributed by atoms with Crippen LogP contribution in [0.2, 0.25) is 5.02 Å². The SMILES string of the molecule is CCCOc1cccnc1Nc1ccc(F)c(Cl)c1. The van der Waals surface area contributed by atoms with Crippen molar-refractivity contribution in [3.63, 3.8) is 0 Å². The summed E-state index contributed by atoms with van der Waals surface area (Å²) in [4.78, 5) is 4.21. The Hall–Kier alpha value is -1.81. The first kappa shape index (κ1) is 13.6. The van der Waals surface area contributed by atoms with E-state index >= 15 is 0 Å². The molecular weight excluding hydrogens is 267 g/mol. The van der Waals surface area contributed by atoms with Crippen molar-refractivity contribution in [3.05, 3.63) is 47.4 Å². The summed E-state index contributed by atoms with van der Waals surface area (Å²) in [5, 5.41) is 3.13. The lowest BCUT2D eigenvalue weighted by atomic mass is 10.3. The molecule has 0 unspecified atom stereocenters. The van der Waals surface area contributed by atoms with Crippen LogP contribution in [-0.4, -0.2) is 11.6 Å². The van der Waals surface area contributed by atoms with E-state index < -0.39 is 5.82 Å². The van der Waals surface area contributed by atoms with Gasteiger partial charge >= 0.3 is 0 Å². The first-order valence-corrected chi connectivity index (χ1v) is 6.38. The van der Waals surface area contributed by atoms with Gasteiger partial charge in [-0.2, -0.15) is 0 Å². The summed E-state index contributed by atoms with van der Waals surface area (Å²) >= 11 is 5.74. The Morgan fingerprint density at radius 2 is 2.21 bits per heavy atom. The molecule has 0 aliphatic carbocycles. The molecule has 0 radical (unpaired) electrons. The molecule has 0 saturated carbocycles. The molecule has 1 aromatic carbocycles. The van der Waals surface area contributed by atoms with Crippen LogP contribution in [0.25, 0.3) is 0 Å². The van der Waals surface area contributed by atoms with Gasteiger partial charge in [0.2, 0.25) is 0 Å². The molecule has 2 aromatic rings. The van der Waals surface area contributed by atoms with Gasteiger partial charge in [-0.3, -0.25) is 0 Å². The summed E-state index contributed by atoms with van der Waals surface area (Å²) in [5.41, 5.74) is 0.659. The number of ether oxygens (including phenoxy) is 1. The highest BCUT2D eigenvalue weighted by Gasteiger charge is 2.06. The maximum absolute atomic E-state index is 13.1. The van der Waals surface area contributed by atoms with Gasteiger partial charge in [-0.25, -0.2) is 9.37 Å². The van der Waals surface area contributed by atoms with Crippen LogP contribution in [0.3, 0.4) is 0 Å². The zero-order valence-electron chi connectivity index (χ0n) is 10.5. The highest BCUT2D eigenvalue weighted by atomic mass is 35.5. The molecule has 0 saturated heterocycles. The third-order valence-electron chi connectivity index (χ3n) is 2.41. The minimum absolute atomic E-state index is 0.0666. The Balaban J connectivity index is 2.20. The molecule has 0 amide bonds. The van der Waals surface area contributed by atoms with Gasteiger partial charge < -0.3 is 10.1 Å². The molecule has 1 N–H and O–H groups in total. The van der Waals surface area contributed by atoms with E-state index in [1.54, 1.807) is 18.3 Å². The quantitative estimate of drug-likeness (QED) is 0.881. The van der Waals surface area contributed by atoms with Gasteiger partial charge in [-0.05, 0) is 36.8 Å². The van der Waals surface area contributed by atoms with E-state index in [0.29, 0.717) is 23.9 Å². The Kier molecular flexibility index (Phi) is 4.58. The Morgan fingerprint density at radius 1 is 1.37 bits per heavy atom. The minimum atomic E-state index is -0.448. The Bertz CT molecular complexity index is 563. The van der Waals surface area contributed by atoms with Crippen LogP contribution in [0.5, 0.6) is 5.75 Å². The van der Waals surface area contributed by atoms with Crippen molar-refractivity contribution in [2.24, 2.45) is 0 Å². The van der Waals surface area contributed by atoms with Crippen molar-refractivity contribution in [3.8, 4) is 5.75 Å². The molecule has 0 bridgehead atoms. The van der Waals surface area contributed by atoms with Gasteiger partial charge in [0.25, 0.3) is 0 Å². The molecule has 2 rings (SSSR count). The number of anilines is 2. The lowest BCUT2D eigenvalue weighted by Gasteiger charge is -2.11. The molecule has 0 atom stereocenters. The monoisotopic (exact) mass is 280 g/mol. The molecule has 0 spiro atoms. The minimum Gasteiger partial charge on any atom is -0.490 e. The zero-order valence-corrected chi connectivity index (χ0v) is 11.2. The lowest BCUT2D eigenvalue weighted by molar-refractivity contribution is 0.318. The van der Waals surface area contributed by atoms with Gasteiger partial charge in [0.05, 0.1) is 11.6 Å². The second-order valence-electron chi connectivity index (χ2n) is 3.95. The van der Waals surface area contributed by atoms with Crippen molar-refractivity contribution in [1.29, 1.82) is 0 Å². The number of hydrogen-bond donors (Lipinski definition) is 1. The van der Waals surface area contributed by atoms with E-state index in [4.69, 9.17) is 16.3 Å². The van der Waals surface area contributed by atoms with E-state index in [1.807, 2.05) is 13.0 Å². The molecule has 0 aliphatic heterocycles. The highest BCUT2D eigenvalue weighted by molar-refractivity contribution is 6.31. The Morgan fingerprint density at radius 3 is 2.95 bits per heavy atom. The number of nitrogens with one attached hydrogen (secondary N) is 1. The van der Waals surface area contributed by atoms with Crippen LogP contribution in [0.15, 0.2) is 36.5 Å². The number of rotatable bonds is 5. The predicted octanol–water partition coefficient (Wildman–Crippen LogP) is 4.41. The number of pyridine rings is 1. The first-order valence-electron chi connectivity index (χ1n) is 6.00. The lowest BCUT2D eigenvalue weighted by Crippen LogP contribution is -2.01. The molecular formula is C14H14ClFN2O. The number of aromatic nitrogens is 1. The van der Waals surface area contributed by atoms with Crippen molar-refractivity contribution in [2.45, 2.75) is 13.3 Å². The van der Waals surface area contributed by atoms with Crippen LogP contribution in [-0.2, 0) is 0 Å². The fraction of sp³-hybridized carbons (Fsp3) is 0.214. The summed E-state index contributed by atoms with van der Waals surface area (Å²) in [6.45, 7) is 2.65. The van der Waals surface area contributed by atoms with Crippen LogP contribution >= 0.6 is 11.6 Å². The molecule has 100 valence electrons. The highest BCUT2D eigenvalue weighted by Crippen LogP contribution is 2.27. The van der Waals surface area contributed by atoms with E-state index in [2.05, 4.69) is 10.3 Å². The topological polar surface area (TPSA) is 34.1 Å². The van der Waals surface area contributed by atoms with Crippen LogP contribution in [0.1, 0.15) is 13.3 Å². The largest absolute Gasteiger partial charge is 0.490 e. The van der Waals surface area contributed by atoms with E-state index in [9.17, 15) is 4.39 Å². The van der Waals surface area contributed by atoms with E-state index in [0.717, 1.165) is 6.42 Å². The fourth-order valence-corrected chi connectivity index (χ4v) is 1.70. The summed E-state index contributed by atoms with van der Waals surface area (Å²) in [5.74, 6) is 0.791. The number of benzene rings is 1. The van der Waals surface area contributed by atoms with Gasteiger partial charge in [0.1, 0.15) is 5.82 Å². The molecule has 0 aliphatic rings. The van der Waals surface area contributed by atoms with Gasteiger partial charge in [0, 0.05) is 11.9 Å². The van der Waals surface area contributed by atoms with Crippen LogP contribution < -0.4 is 10.1 Å². The zero-order chi connectivity index (χ0) is 13.7. The van der Waals surface area contributed by atoms with Crippen molar-refractivity contribution < 1.29 is 9.13 Å². The molecule has 1 aromatic heterocycles. The summed E-state index contributed by atoms with van der Waals surface area (Å²) in [7, 11) is 0. The van der Waals surface area contributed by atoms with Crippen molar-refractivity contribution in [2.75, 3.05) is 11.9 Å². The summed E-state index contributed by atoms with van der Waals surface area (Å²) < 4.78 is 18.7. The Labute approximate surface area is 116 Å². The number of nitrogens with zero attached hydrogens (tertiary/aromatic N) is 1. The van der Waals surface area contributed by atoms with Gasteiger partial charge in [0.15, 0.2) is 11.6 Å². The second kappa shape index (κ2) is 6.38. The van der Waals surface area contributed by atoms with E-state index in [1.165, 1.54) is 12.1 Å². The normalized spacial score (nSPS) is 10.3. The molecule has 0 fully saturated rings. The summed E-state index contributed by atoms with van der Waals surface area (Å²) in [6.07, 6.45) is 2.57. The van der Waals surface area contributed by atoms with Crippen LogP contribution in [0.4, 0.5) is 15.9 Å². The van der Waals surface area contributed by atoms with Crippen molar-refractivity contribution >= 4 is 23.1 Å². The molecule has 3 nitrogen and oxygen atoms in total. The third-order valence-corrected chi connectivity index (χ3v) is 2.70. The maximum Gasteiger partial charge on any atom is 0.173 e.